The van der Waals surface area contributed by atoms with Crippen LogP contribution in [0.15, 0.2) is 45.2 Å². The van der Waals surface area contributed by atoms with E-state index in [1.54, 1.807) is 19.1 Å². The molecule has 1 aromatic rings. The molecule has 1 heterocycles. The standard InChI is InChI=1S/C20H21BrFNO3/c1-10-16(19(25)26-4)17(12-6-5-11(21)7-13(12)22)18-14(23-10)8-20(2,3)9-15(18)24/h5-7,17,23H,8-9H2,1-4H3. The summed E-state index contributed by atoms with van der Waals surface area (Å²) < 4.78 is 20.3. The molecule has 1 unspecified atom stereocenters. The van der Waals surface area contributed by atoms with Crippen molar-refractivity contribution in [1.82, 2.24) is 5.32 Å². The molecular formula is C20H21BrFNO3. The summed E-state index contributed by atoms with van der Waals surface area (Å²) in [5, 5.41) is 3.21. The summed E-state index contributed by atoms with van der Waals surface area (Å²) in [6, 6.07) is 4.67. The van der Waals surface area contributed by atoms with Crippen LogP contribution in [0.1, 0.15) is 45.1 Å². The fourth-order valence-corrected chi connectivity index (χ4v) is 4.20. The van der Waals surface area contributed by atoms with Gasteiger partial charge in [0.2, 0.25) is 0 Å². The Morgan fingerprint density at radius 3 is 2.65 bits per heavy atom. The molecule has 0 bridgehead atoms. The van der Waals surface area contributed by atoms with Crippen LogP contribution in [0.25, 0.3) is 0 Å². The van der Waals surface area contributed by atoms with Crippen LogP contribution in [-0.4, -0.2) is 18.9 Å². The summed E-state index contributed by atoms with van der Waals surface area (Å²) in [6.07, 6.45) is 1.02. The fourth-order valence-electron chi connectivity index (χ4n) is 3.86. The van der Waals surface area contributed by atoms with Gasteiger partial charge in [-0.1, -0.05) is 35.8 Å². The second-order valence-corrected chi connectivity index (χ2v) is 8.50. The largest absolute Gasteiger partial charge is 0.466 e. The smallest absolute Gasteiger partial charge is 0.336 e. The maximum atomic E-state index is 14.8. The molecule has 0 amide bonds. The highest BCUT2D eigenvalue weighted by Gasteiger charge is 2.43. The van der Waals surface area contributed by atoms with Crippen molar-refractivity contribution in [3.63, 3.8) is 0 Å². The SMILES string of the molecule is COC(=O)C1=C(C)NC2=C(C(=O)CC(C)(C)C2)C1c1ccc(Br)cc1F. The number of allylic oxidation sites excluding steroid dienone is 3. The molecule has 3 rings (SSSR count). The predicted octanol–water partition coefficient (Wildman–Crippen LogP) is 4.37. The first kappa shape index (κ1) is 18.8. The lowest BCUT2D eigenvalue weighted by Crippen LogP contribution is -2.38. The number of hydrogen-bond acceptors (Lipinski definition) is 4. The first-order chi connectivity index (χ1) is 12.1. The van der Waals surface area contributed by atoms with Gasteiger partial charge in [0.05, 0.1) is 18.6 Å². The van der Waals surface area contributed by atoms with Gasteiger partial charge in [0.15, 0.2) is 5.78 Å². The topological polar surface area (TPSA) is 55.4 Å². The molecule has 0 saturated carbocycles. The van der Waals surface area contributed by atoms with Crippen LogP contribution >= 0.6 is 15.9 Å². The number of ether oxygens (including phenoxy) is 1. The van der Waals surface area contributed by atoms with Crippen LogP contribution in [0.5, 0.6) is 0 Å². The minimum atomic E-state index is -0.768. The molecule has 0 spiro atoms. The van der Waals surface area contributed by atoms with Gasteiger partial charge in [0.1, 0.15) is 5.82 Å². The molecule has 4 nitrogen and oxygen atoms in total. The van der Waals surface area contributed by atoms with Crippen molar-refractivity contribution >= 4 is 27.7 Å². The molecule has 1 atom stereocenters. The van der Waals surface area contributed by atoms with Gasteiger partial charge in [0, 0.05) is 33.4 Å². The Morgan fingerprint density at radius 2 is 2.04 bits per heavy atom. The van der Waals surface area contributed by atoms with E-state index in [1.165, 1.54) is 13.2 Å². The van der Waals surface area contributed by atoms with Gasteiger partial charge in [-0.05, 0) is 30.9 Å². The zero-order valence-electron chi connectivity index (χ0n) is 15.2. The molecular weight excluding hydrogens is 401 g/mol. The highest BCUT2D eigenvalue weighted by Crippen LogP contribution is 2.47. The second-order valence-electron chi connectivity index (χ2n) is 7.59. The number of rotatable bonds is 2. The monoisotopic (exact) mass is 421 g/mol. The summed E-state index contributed by atoms with van der Waals surface area (Å²) in [5.74, 6) is -1.86. The molecule has 26 heavy (non-hydrogen) atoms. The van der Waals surface area contributed by atoms with E-state index in [1.807, 2.05) is 13.8 Å². The van der Waals surface area contributed by atoms with Gasteiger partial charge in [-0.25, -0.2) is 9.18 Å². The van der Waals surface area contributed by atoms with Crippen molar-refractivity contribution < 1.29 is 18.7 Å². The minimum absolute atomic E-state index is 0.0648. The van der Waals surface area contributed by atoms with Crippen molar-refractivity contribution in [2.24, 2.45) is 5.41 Å². The summed E-state index contributed by atoms with van der Waals surface area (Å²) in [7, 11) is 1.29. The number of esters is 1. The van der Waals surface area contributed by atoms with E-state index in [-0.39, 0.29) is 16.8 Å². The quantitative estimate of drug-likeness (QED) is 0.720. The van der Waals surface area contributed by atoms with Crippen LogP contribution in [0.3, 0.4) is 0 Å². The maximum absolute atomic E-state index is 14.8. The zero-order valence-corrected chi connectivity index (χ0v) is 16.8. The lowest BCUT2D eigenvalue weighted by atomic mass is 9.68. The molecule has 6 heteroatoms. The molecule has 1 N–H and O–H groups in total. The lowest BCUT2D eigenvalue weighted by Gasteiger charge is -2.39. The van der Waals surface area contributed by atoms with Crippen molar-refractivity contribution in [3.8, 4) is 0 Å². The van der Waals surface area contributed by atoms with E-state index in [2.05, 4.69) is 21.2 Å². The number of carbonyl (C=O) groups excluding carboxylic acids is 2. The molecule has 1 aliphatic heterocycles. The van der Waals surface area contributed by atoms with Crippen LogP contribution < -0.4 is 5.32 Å². The maximum Gasteiger partial charge on any atom is 0.336 e. The van der Waals surface area contributed by atoms with E-state index in [0.29, 0.717) is 34.1 Å². The number of dihydropyridines is 1. The van der Waals surface area contributed by atoms with Gasteiger partial charge >= 0.3 is 5.97 Å². The number of halogens is 2. The Balaban J connectivity index is 2.24. The summed E-state index contributed by atoms with van der Waals surface area (Å²) in [6.45, 7) is 5.81. The highest BCUT2D eigenvalue weighted by atomic mass is 79.9. The number of carbonyl (C=O) groups is 2. The van der Waals surface area contributed by atoms with Crippen molar-refractivity contribution in [3.05, 3.63) is 56.6 Å². The highest BCUT2D eigenvalue weighted by molar-refractivity contribution is 9.10. The lowest BCUT2D eigenvalue weighted by molar-refractivity contribution is -0.136. The number of nitrogens with one attached hydrogen (secondary N) is 1. The van der Waals surface area contributed by atoms with Gasteiger partial charge in [0.25, 0.3) is 0 Å². The average molecular weight is 422 g/mol. The Labute approximate surface area is 160 Å². The molecule has 138 valence electrons. The molecule has 1 aromatic carbocycles. The fraction of sp³-hybridized carbons (Fsp3) is 0.400. The van der Waals surface area contributed by atoms with E-state index in [9.17, 15) is 14.0 Å². The first-order valence-electron chi connectivity index (χ1n) is 8.42. The molecule has 0 saturated heterocycles. The molecule has 0 fully saturated rings. The molecule has 0 radical (unpaired) electrons. The van der Waals surface area contributed by atoms with Crippen LogP contribution in [0.2, 0.25) is 0 Å². The zero-order chi connectivity index (χ0) is 19.2. The number of ketones is 1. The summed E-state index contributed by atoms with van der Waals surface area (Å²) in [4.78, 5) is 25.4. The van der Waals surface area contributed by atoms with Crippen LogP contribution in [0.4, 0.5) is 4.39 Å². The van der Waals surface area contributed by atoms with Crippen LogP contribution in [-0.2, 0) is 14.3 Å². The minimum Gasteiger partial charge on any atom is -0.466 e. The van der Waals surface area contributed by atoms with E-state index >= 15 is 0 Å². The van der Waals surface area contributed by atoms with E-state index < -0.39 is 17.7 Å². The molecule has 2 aliphatic rings. The predicted molar refractivity (Wildman–Crippen MR) is 99.7 cm³/mol. The Kier molecular flexibility index (Phi) is 4.82. The van der Waals surface area contributed by atoms with E-state index in [0.717, 1.165) is 5.70 Å². The second kappa shape index (κ2) is 6.65. The first-order valence-corrected chi connectivity index (χ1v) is 9.21. The van der Waals surface area contributed by atoms with Gasteiger partial charge < -0.3 is 10.1 Å². The molecule has 0 aromatic heterocycles. The number of hydrogen-bond donors (Lipinski definition) is 1. The number of methoxy groups -OCH3 is 1. The third kappa shape index (κ3) is 3.22. The van der Waals surface area contributed by atoms with Crippen LogP contribution in [0, 0.1) is 11.2 Å². The normalized spacial score (nSPS) is 22.1. The molecule has 1 aliphatic carbocycles. The van der Waals surface area contributed by atoms with Gasteiger partial charge in [-0.2, -0.15) is 0 Å². The third-order valence-electron chi connectivity index (χ3n) is 4.92. The third-order valence-corrected chi connectivity index (χ3v) is 5.41. The number of Topliss-reactive ketones (excluding diaryl/α,β-unsaturated/α-hetero) is 1. The van der Waals surface area contributed by atoms with Crippen molar-refractivity contribution in [1.29, 1.82) is 0 Å². The average Bonchev–Trinajstić information content (AvgIpc) is 2.51. The van der Waals surface area contributed by atoms with Gasteiger partial charge in [-0.15, -0.1) is 0 Å². The Morgan fingerprint density at radius 1 is 1.35 bits per heavy atom. The van der Waals surface area contributed by atoms with Gasteiger partial charge in [-0.3, -0.25) is 4.79 Å². The van der Waals surface area contributed by atoms with Crippen molar-refractivity contribution in [2.75, 3.05) is 7.11 Å². The summed E-state index contributed by atoms with van der Waals surface area (Å²) in [5.41, 5.74) is 2.22. The van der Waals surface area contributed by atoms with Crippen molar-refractivity contribution in [2.45, 2.75) is 39.5 Å². The Hall–Kier alpha value is -1.95. The van der Waals surface area contributed by atoms with E-state index in [4.69, 9.17) is 4.74 Å². The summed E-state index contributed by atoms with van der Waals surface area (Å²) >= 11 is 3.25. The number of benzene rings is 1. The Bertz CT molecular complexity index is 870.